The van der Waals surface area contributed by atoms with E-state index in [9.17, 15) is 18.0 Å². The van der Waals surface area contributed by atoms with Crippen molar-refractivity contribution in [1.29, 1.82) is 0 Å². The van der Waals surface area contributed by atoms with Gasteiger partial charge in [0.2, 0.25) is 0 Å². The van der Waals surface area contributed by atoms with Crippen LogP contribution in [-0.4, -0.2) is 31.8 Å². The van der Waals surface area contributed by atoms with E-state index >= 15 is 0 Å². The van der Waals surface area contributed by atoms with E-state index in [0.29, 0.717) is 24.0 Å². The fourth-order valence-corrected chi connectivity index (χ4v) is 4.61. The third kappa shape index (κ3) is 4.24. The zero-order valence-electron chi connectivity index (χ0n) is 18.3. The Labute approximate surface area is 184 Å². The summed E-state index contributed by atoms with van der Waals surface area (Å²) in [5.74, 6) is 0. The number of alkyl halides is 3. The molecule has 0 radical (unpaired) electrons. The third-order valence-electron chi connectivity index (χ3n) is 6.33. The molecule has 0 amide bonds. The van der Waals surface area contributed by atoms with E-state index < -0.39 is 17.3 Å². The molecule has 0 saturated carbocycles. The molecule has 32 heavy (non-hydrogen) atoms. The van der Waals surface area contributed by atoms with Crippen molar-refractivity contribution in [3.05, 3.63) is 75.9 Å². The average Bonchev–Trinajstić information content (AvgIpc) is 3.31. The van der Waals surface area contributed by atoms with Gasteiger partial charge in [0.1, 0.15) is 5.69 Å². The second-order valence-electron chi connectivity index (χ2n) is 8.52. The molecular formula is C24H27F3N4O. The highest BCUT2D eigenvalue weighted by Crippen LogP contribution is 2.32. The number of rotatable bonds is 6. The molecule has 170 valence electrons. The summed E-state index contributed by atoms with van der Waals surface area (Å²) in [5, 5.41) is 4.72. The lowest BCUT2D eigenvalue weighted by Crippen LogP contribution is -2.35. The van der Waals surface area contributed by atoms with E-state index in [2.05, 4.69) is 16.6 Å². The number of hydrogen-bond donors (Lipinski definition) is 0. The molecule has 0 unspecified atom stereocenters. The van der Waals surface area contributed by atoms with Gasteiger partial charge in [0.15, 0.2) is 5.43 Å². The van der Waals surface area contributed by atoms with Crippen LogP contribution in [0, 0.1) is 13.8 Å². The van der Waals surface area contributed by atoms with E-state index in [-0.39, 0.29) is 12.6 Å². The summed E-state index contributed by atoms with van der Waals surface area (Å²) in [6.45, 7) is 9.81. The van der Waals surface area contributed by atoms with Crippen molar-refractivity contribution in [3.63, 3.8) is 0 Å². The van der Waals surface area contributed by atoms with Gasteiger partial charge in [0.05, 0.1) is 18.3 Å². The molecular weight excluding hydrogens is 417 g/mol. The van der Waals surface area contributed by atoms with Crippen LogP contribution >= 0.6 is 0 Å². The number of aromatic nitrogens is 3. The summed E-state index contributed by atoms with van der Waals surface area (Å²) < 4.78 is 44.8. The number of hydrogen-bond acceptors (Lipinski definition) is 3. The van der Waals surface area contributed by atoms with Gasteiger partial charge in [-0.25, -0.2) is 0 Å². The van der Waals surface area contributed by atoms with Crippen molar-refractivity contribution >= 4 is 10.9 Å². The number of nitrogens with zero attached hydrogens (tertiary/aromatic N) is 4. The molecule has 1 saturated heterocycles. The highest BCUT2D eigenvalue weighted by Gasteiger charge is 2.36. The summed E-state index contributed by atoms with van der Waals surface area (Å²) >= 11 is 0. The molecule has 0 bridgehead atoms. The van der Waals surface area contributed by atoms with Crippen LogP contribution in [0.4, 0.5) is 13.2 Å². The SMILES string of the molecule is C=CCn1ncc(CN2CCC[C@H]2Cn2c(C(F)(F)F)cc(=O)c3cc(C)ccc32)c1C. The van der Waals surface area contributed by atoms with Gasteiger partial charge in [-0.1, -0.05) is 17.7 Å². The molecule has 1 aliphatic heterocycles. The van der Waals surface area contributed by atoms with Crippen LogP contribution in [0.25, 0.3) is 10.9 Å². The summed E-state index contributed by atoms with van der Waals surface area (Å²) in [7, 11) is 0. The molecule has 2 aromatic heterocycles. The van der Waals surface area contributed by atoms with E-state index in [1.807, 2.05) is 24.7 Å². The molecule has 3 heterocycles. The van der Waals surface area contributed by atoms with Gasteiger partial charge >= 0.3 is 6.18 Å². The predicted octanol–water partition coefficient (Wildman–Crippen LogP) is 4.68. The molecule has 1 aliphatic rings. The number of likely N-dealkylation sites (tertiary alicyclic amines) is 1. The van der Waals surface area contributed by atoms with Crippen LogP contribution in [0.15, 0.2) is 47.9 Å². The molecule has 0 spiro atoms. The summed E-state index contributed by atoms with van der Waals surface area (Å²) in [5.41, 5.74) is 1.79. The van der Waals surface area contributed by atoms with Crippen molar-refractivity contribution in [3.8, 4) is 0 Å². The Morgan fingerprint density at radius 1 is 1.25 bits per heavy atom. The smallest absolute Gasteiger partial charge is 0.335 e. The minimum Gasteiger partial charge on any atom is -0.335 e. The summed E-state index contributed by atoms with van der Waals surface area (Å²) in [4.78, 5) is 14.7. The molecule has 1 atom stereocenters. The van der Waals surface area contributed by atoms with Gasteiger partial charge in [-0.15, -0.1) is 6.58 Å². The first-order valence-electron chi connectivity index (χ1n) is 10.8. The van der Waals surface area contributed by atoms with Gasteiger partial charge < -0.3 is 4.57 Å². The van der Waals surface area contributed by atoms with Crippen LogP contribution in [0.1, 0.15) is 35.4 Å². The maximum absolute atomic E-state index is 13.9. The van der Waals surface area contributed by atoms with Crippen molar-refractivity contribution in [2.45, 2.75) is 58.5 Å². The fraction of sp³-hybridized carbons (Fsp3) is 0.417. The predicted molar refractivity (Wildman–Crippen MR) is 119 cm³/mol. The van der Waals surface area contributed by atoms with E-state index in [0.717, 1.165) is 42.3 Å². The number of allylic oxidation sites excluding steroid dienone is 1. The largest absolute Gasteiger partial charge is 0.431 e. The van der Waals surface area contributed by atoms with Gasteiger partial charge in [0.25, 0.3) is 0 Å². The minimum absolute atomic E-state index is 0.0646. The van der Waals surface area contributed by atoms with Crippen LogP contribution in [0.5, 0.6) is 0 Å². The molecule has 1 fully saturated rings. The van der Waals surface area contributed by atoms with Gasteiger partial charge in [-0.05, 0) is 45.4 Å². The first kappa shape index (κ1) is 22.3. The lowest BCUT2D eigenvalue weighted by molar-refractivity contribution is -0.144. The second-order valence-corrected chi connectivity index (χ2v) is 8.52. The third-order valence-corrected chi connectivity index (χ3v) is 6.33. The molecule has 0 aliphatic carbocycles. The minimum atomic E-state index is -4.61. The second kappa shape index (κ2) is 8.58. The normalized spacial score (nSPS) is 17.3. The van der Waals surface area contributed by atoms with Gasteiger partial charge in [-0.2, -0.15) is 18.3 Å². The van der Waals surface area contributed by atoms with Crippen molar-refractivity contribution in [2.75, 3.05) is 6.54 Å². The van der Waals surface area contributed by atoms with E-state index in [4.69, 9.17) is 0 Å². The maximum Gasteiger partial charge on any atom is 0.431 e. The Balaban J connectivity index is 1.69. The summed E-state index contributed by atoms with van der Waals surface area (Å²) in [6.07, 6.45) is 0.723. The zero-order chi connectivity index (χ0) is 23.0. The van der Waals surface area contributed by atoms with Gasteiger partial charge in [0, 0.05) is 41.8 Å². The monoisotopic (exact) mass is 444 g/mol. The van der Waals surface area contributed by atoms with Gasteiger partial charge in [-0.3, -0.25) is 14.4 Å². The Morgan fingerprint density at radius 2 is 2.03 bits per heavy atom. The summed E-state index contributed by atoms with van der Waals surface area (Å²) in [6, 6.07) is 5.72. The van der Waals surface area contributed by atoms with E-state index in [1.54, 1.807) is 24.3 Å². The van der Waals surface area contributed by atoms with Crippen LogP contribution in [-0.2, 0) is 25.8 Å². The highest BCUT2D eigenvalue weighted by molar-refractivity contribution is 5.80. The number of benzene rings is 1. The highest BCUT2D eigenvalue weighted by atomic mass is 19.4. The molecule has 0 N–H and O–H groups in total. The average molecular weight is 445 g/mol. The van der Waals surface area contributed by atoms with E-state index in [1.165, 1.54) is 4.57 Å². The molecule has 1 aromatic carbocycles. The molecule has 5 nitrogen and oxygen atoms in total. The molecule has 3 aromatic rings. The van der Waals surface area contributed by atoms with Crippen molar-refractivity contribution in [1.82, 2.24) is 19.2 Å². The number of fused-ring (bicyclic) bond motifs is 1. The van der Waals surface area contributed by atoms with Crippen LogP contribution in [0.2, 0.25) is 0 Å². The Hall–Kier alpha value is -2.87. The Bertz CT molecular complexity index is 1210. The van der Waals surface area contributed by atoms with Crippen LogP contribution < -0.4 is 5.43 Å². The zero-order valence-corrected chi connectivity index (χ0v) is 18.3. The number of pyridine rings is 1. The maximum atomic E-state index is 13.9. The fourth-order valence-electron chi connectivity index (χ4n) is 4.61. The topological polar surface area (TPSA) is 43.1 Å². The Kier molecular flexibility index (Phi) is 5.99. The number of halogens is 3. The quantitative estimate of drug-likeness (QED) is 0.519. The first-order valence-corrected chi connectivity index (χ1v) is 10.8. The lowest BCUT2D eigenvalue weighted by atomic mass is 10.1. The van der Waals surface area contributed by atoms with Crippen molar-refractivity contribution in [2.24, 2.45) is 0 Å². The standard InChI is InChI=1S/C24H27F3N4O/c1-4-9-31-17(3)18(13-28-31)14-29-10-5-6-19(29)15-30-21-8-7-16(2)11-20(21)22(32)12-23(30)24(25,26)27/h4,7-8,11-13,19H,1,5-6,9-10,14-15H2,2-3H3/t19-/m0/s1. The Morgan fingerprint density at radius 3 is 2.75 bits per heavy atom. The lowest BCUT2D eigenvalue weighted by Gasteiger charge is -2.28. The van der Waals surface area contributed by atoms with Crippen LogP contribution in [0.3, 0.4) is 0 Å². The molecule has 8 heteroatoms. The molecule has 4 rings (SSSR count). The first-order chi connectivity index (χ1) is 15.2. The number of aryl methyl sites for hydroxylation is 1. The van der Waals surface area contributed by atoms with Crippen molar-refractivity contribution < 1.29 is 13.2 Å².